The van der Waals surface area contributed by atoms with Crippen LogP contribution in [0.4, 0.5) is 0 Å². The molecule has 35 heavy (non-hydrogen) atoms. The Labute approximate surface area is 213 Å². The maximum Gasteiger partial charge on any atom is 0.128 e. The Balaban J connectivity index is 2.06. The van der Waals surface area contributed by atoms with E-state index >= 15 is 0 Å². The highest BCUT2D eigenvalue weighted by Crippen LogP contribution is 2.35. The minimum atomic E-state index is 0.0985. The maximum absolute atomic E-state index is 6.44. The molecule has 0 saturated heterocycles. The normalized spacial score (nSPS) is 12.5. The van der Waals surface area contributed by atoms with Crippen molar-refractivity contribution < 1.29 is 4.74 Å². The van der Waals surface area contributed by atoms with E-state index in [0.29, 0.717) is 12.0 Å². The van der Waals surface area contributed by atoms with Crippen LogP contribution in [0.15, 0.2) is 54.6 Å². The van der Waals surface area contributed by atoms with E-state index in [4.69, 9.17) is 9.72 Å². The number of rotatable bonds is 11. The van der Waals surface area contributed by atoms with Gasteiger partial charge in [0.25, 0.3) is 0 Å². The van der Waals surface area contributed by atoms with Crippen LogP contribution in [0.5, 0.6) is 5.75 Å². The Morgan fingerprint density at radius 2 is 1.51 bits per heavy atom. The number of pyridine rings is 1. The lowest BCUT2D eigenvalue weighted by Gasteiger charge is -2.31. The summed E-state index contributed by atoms with van der Waals surface area (Å²) >= 11 is 0. The van der Waals surface area contributed by atoms with Gasteiger partial charge in [0, 0.05) is 35.5 Å². The zero-order valence-electron chi connectivity index (χ0n) is 23.1. The fourth-order valence-corrected chi connectivity index (χ4v) is 4.97. The van der Waals surface area contributed by atoms with E-state index in [9.17, 15) is 0 Å². The van der Waals surface area contributed by atoms with Crippen molar-refractivity contribution in [3.05, 3.63) is 82.5 Å². The molecule has 3 rings (SSSR count). The summed E-state index contributed by atoms with van der Waals surface area (Å²) in [6.07, 6.45) is 3.18. The number of benzene rings is 2. The van der Waals surface area contributed by atoms with E-state index in [2.05, 4.69) is 115 Å². The first-order chi connectivity index (χ1) is 16.7. The minimum absolute atomic E-state index is 0.0985. The van der Waals surface area contributed by atoms with Gasteiger partial charge in [0.05, 0.1) is 11.8 Å². The van der Waals surface area contributed by atoms with Gasteiger partial charge in [-0.2, -0.15) is 0 Å². The van der Waals surface area contributed by atoms with Gasteiger partial charge in [-0.1, -0.05) is 76.2 Å². The molecular formula is C32H44N2O. The van der Waals surface area contributed by atoms with Crippen molar-refractivity contribution in [2.24, 2.45) is 5.92 Å². The Morgan fingerprint density at radius 1 is 0.886 bits per heavy atom. The molecule has 2 aromatic carbocycles. The molecule has 0 aliphatic carbocycles. The lowest BCUT2D eigenvalue weighted by atomic mass is 9.93. The van der Waals surface area contributed by atoms with Crippen LogP contribution in [0, 0.1) is 12.8 Å². The molecule has 3 nitrogen and oxygen atoms in total. The fraction of sp³-hybridized carbons (Fsp3) is 0.469. The van der Waals surface area contributed by atoms with Crippen molar-refractivity contribution in [3.8, 4) is 17.0 Å². The highest BCUT2D eigenvalue weighted by molar-refractivity contribution is 5.70. The van der Waals surface area contributed by atoms with Crippen molar-refractivity contribution in [1.82, 2.24) is 9.88 Å². The predicted octanol–water partition coefficient (Wildman–Crippen LogP) is 8.19. The molecule has 0 aliphatic rings. The van der Waals surface area contributed by atoms with Crippen molar-refractivity contribution in [3.63, 3.8) is 0 Å². The minimum Gasteiger partial charge on any atom is -0.491 e. The molecular weight excluding hydrogens is 428 g/mol. The third-order valence-corrected chi connectivity index (χ3v) is 6.73. The molecule has 3 aromatic rings. The first-order valence-electron chi connectivity index (χ1n) is 13.3. The highest BCUT2D eigenvalue weighted by atomic mass is 16.5. The summed E-state index contributed by atoms with van der Waals surface area (Å²) in [4.78, 5) is 7.63. The predicted molar refractivity (Wildman–Crippen MR) is 149 cm³/mol. The van der Waals surface area contributed by atoms with Gasteiger partial charge in [-0.05, 0) is 69.7 Å². The maximum atomic E-state index is 6.44. The molecule has 0 saturated carbocycles. The lowest BCUT2D eigenvalue weighted by Crippen LogP contribution is -2.26. The molecule has 1 heterocycles. The van der Waals surface area contributed by atoms with Crippen molar-refractivity contribution >= 4 is 0 Å². The van der Waals surface area contributed by atoms with Crippen LogP contribution in [0.3, 0.4) is 0 Å². The van der Waals surface area contributed by atoms with E-state index in [1.165, 1.54) is 27.8 Å². The fourth-order valence-electron chi connectivity index (χ4n) is 4.97. The zero-order chi connectivity index (χ0) is 25.5. The van der Waals surface area contributed by atoms with Gasteiger partial charge in [0.2, 0.25) is 0 Å². The third-order valence-electron chi connectivity index (χ3n) is 6.73. The molecule has 0 aliphatic heterocycles. The van der Waals surface area contributed by atoms with Crippen LogP contribution in [-0.4, -0.2) is 23.0 Å². The molecule has 0 amide bonds. The Bertz CT molecular complexity index is 1070. The van der Waals surface area contributed by atoms with Gasteiger partial charge in [0.15, 0.2) is 0 Å². The number of hydrogen-bond acceptors (Lipinski definition) is 3. The summed E-state index contributed by atoms with van der Waals surface area (Å²) in [5, 5.41) is 0. The largest absolute Gasteiger partial charge is 0.491 e. The summed E-state index contributed by atoms with van der Waals surface area (Å²) in [7, 11) is 2.23. The van der Waals surface area contributed by atoms with E-state index in [1.807, 2.05) is 0 Å². The number of hydrogen-bond donors (Lipinski definition) is 0. The zero-order valence-corrected chi connectivity index (χ0v) is 23.1. The molecule has 188 valence electrons. The molecule has 0 bridgehead atoms. The van der Waals surface area contributed by atoms with Gasteiger partial charge in [-0.25, -0.2) is 0 Å². The van der Waals surface area contributed by atoms with Crippen LogP contribution < -0.4 is 4.74 Å². The molecule has 3 heteroatoms. The second kappa shape index (κ2) is 12.4. The van der Waals surface area contributed by atoms with Crippen LogP contribution in [0.25, 0.3) is 11.3 Å². The van der Waals surface area contributed by atoms with Crippen LogP contribution in [-0.2, 0) is 19.4 Å². The third kappa shape index (κ3) is 6.73. The van der Waals surface area contributed by atoms with Gasteiger partial charge in [0.1, 0.15) is 5.75 Å². The molecule has 0 spiro atoms. The first kappa shape index (κ1) is 26.9. The average molecular weight is 473 g/mol. The van der Waals surface area contributed by atoms with E-state index < -0.39 is 0 Å². The molecule has 1 aromatic heterocycles. The van der Waals surface area contributed by atoms with E-state index in [-0.39, 0.29) is 6.10 Å². The van der Waals surface area contributed by atoms with Crippen LogP contribution in [0.1, 0.15) is 82.0 Å². The first-order valence-corrected chi connectivity index (χ1v) is 13.3. The quantitative estimate of drug-likeness (QED) is 0.281. The van der Waals surface area contributed by atoms with Crippen LogP contribution in [0.2, 0.25) is 0 Å². The topological polar surface area (TPSA) is 25.4 Å². The second-order valence-electron chi connectivity index (χ2n) is 10.4. The van der Waals surface area contributed by atoms with Gasteiger partial charge >= 0.3 is 0 Å². The lowest BCUT2D eigenvalue weighted by molar-refractivity contribution is 0.196. The standard InChI is InChI=1S/C32H44N2O/c1-9-25-17-14-18-26(10-2)32(25)29-20-31(35-23(5)6)28(24(7)33-29)21-34(8)30(19-22(3)4)27-15-12-11-13-16-27/h11-18,20,22-23,30H,9-10,19,21H2,1-8H3. The second-order valence-corrected chi connectivity index (χ2v) is 10.4. The molecule has 0 N–H and O–H groups in total. The summed E-state index contributed by atoms with van der Waals surface area (Å²) < 4.78 is 6.44. The van der Waals surface area contributed by atoms with Crippen molar-refractivity contribution in [1.29, 1.82) is 0 Å². The van der Waals surface area contributed by atoms with E-state index in [1.54, 1.807) is 0 Å². The van der Waals surface area contributed by atoms with Gasteiger partial charge in [-0.3, -0.25) is 9.88 Å². The van der Waals surface area contributed by atoms with Crippen molar-refractivity contribution in [2.75, 3.05) is 7.05 Å². The number of ether oxygens (including phenoxy) is 1. The molecule has 1 atom stereocenters. The Morgan fingerprint density at radius 3 is 2.06 bits per heavy atom. The highest BCUT2D eigenvalue weighted by Gasteiger charge is 2.23. The smallest absolute Gasteiger partial charge is 0.128 e. The SMILES string of the molecule is CCc1cccc(CC)c1-c1cc(OC(C)C)c(CN(C)C(CC(C)C)c2ccccc2)c(C)n1. The van der Waals surface area contributed by atoms with Crippen LogP contribution >= 0.6 is 0 Å². The summed E-state index contributed by atoms with van der Waals surface area (Å²) in [5.74, 6) is 1.56. The molecule has 1 unspecified atom stereocenters. The Kier molecular flexibility index (Phi) is 9.51. The molecule has 0 radical (unpaired) electrons. The Hall–Kier alpha value is -2.65. The summed E-state index contributed by atoms with van der Waals surface area (Å²) in [6, 6.07) is 20.0. The van der Waals surface area contributed by atoms with E-state index in [0.717, 1.165) is 42.9 Å². The summed E-state index contributed by atoms with van der Waals surface area (Å²) in [6.45, 7) is 16.2. The average Bonchev–Trinajstić information content (AvgIpc) is 2.83. The number of aryl methyl sites for hydroxylation is 3. The monoisotopic (exact) mass is 472 g/mol. The van der Waals surface area contributed by atoms with Crippen molar-refractivity contribution in [2.45, 2.75) is 86.4 Å². The summed E-state index contributed by atoms with van der Waals surface area (Å²) in [5.41, 5.74) is 8.59. The van der Waals surface area contributed by atoms with Gasteiger partial charge < -0.3 is 4.74 Å². The van der Waals surface area contributed by atoms with Gasteiger partial charge in [-0.15, -0.1) is 0 Å². The molecule has 0 fully saturated rings. The number of nitrogens with zero attached hydrogens (tertiary/aromatic N) is 2. The number of aromatic nitrogens is 1.